The molecule has 2 rings (SSSR count). The van der Waals surface area contributed by atoms with Crippen molar-refractivity contribution in [2.45, 2.75) is 32.1 Å². The first-order valence-corrected chi connectivity index (χ1v) is 7.71. The van der Waals surface area contributed by atoms with E-state index >= 15 is 0 Å². The van der Waals surface area contributed by atoms with Gasteiger partial charge in [0.15, 0.2) is 0 Å². The molecule has 0 radical (unpaired) electrons. The quantitative estimate of drug-likeness (QED) is 0.725. The summed E-state index contributed by atoms with van der Waals surface area (Å²) in [5.74, 6) is 0.702. The summed E-state index contributed by atoms with van der Waals surface area (Å²) in [5, 5.41) is 0. The molecule has 0 bridgehead atoms. The maximum atomic E-state index is 2.62. The number of nitrogens with zero attached hydrogens (tertiary/aromatic N) is 2. The lowest BCUT2D eigenvalue weighted by atomic mass is 9.95. The van der Waals surface area contributed by atoms with Crippen LogP contribution in [0.1, 0.15) is 37.7 Å². The monoisotopic (exact) mass is 260 g/mol. The van der Waals surface area contributed by atoms with Crippen LogP contribution < -0.4 is 0 Å². The van der Waals surface area contributed by atoms with Crippen molar-refractivity contribution in [2.75, 3.05) is 39.8 Å². The van der Waals surface area contributed by atoms with Crippen LogP contribution in [0.5, 0.6) is 0 Å². The van der Waals surface area contributed by atoms with Crippen molar-refractivity contribution < 1.29 is 0 Å². The molecule has 0 N–H and O–H groups in total. The largest absolute Gasteiger partial charge is 0.304 e. The van der Waals surface area contributed by atoms with E-state index in [1.807, 2.05) is 0 Å². The zero-order chi connectivity index (χ0) is 13.5. The van der Waals surface area contributed by atoms with Gasteiger partial charge in [-0.3, -0.25) is 0 Å². The van der Waals surface area contributed by atoms with Crippen LogP contribution in [0.2, 0.25) is 0 Å². The Morgan fingerprint density at radius 2 is 1.68 bits per heavy atom. The van der Waals surface area contributed by atoms with Gasteiger partial charge in [0.05, 0.1) is 0 Å². The number of benzene rings is 1. The Balaban J connectivity index is 1.59. The summed E-state index contributed by atoms with van der Waals surface area (Å²) < 4.78 is 0. The van der Waals surface area contributed by atoms with Crippen molar-refractivity contribution in [2.24, 2.45) is 0 Å². The Morgan fingerprint density at radius 3 is 2.37 bits per heavy atom. The summed E-state index contributed by atoms with van der Waals surface area (Å²) in [6.07, 6.45) is 4.01. The minimum absolute atomic E-state index is 0.702. The first-order valence-electron chi connectivity index (χ1n) is 7.71. The minimum Gasteiger partial charge on any atom is -0.304 e. The molecular weight excluding hydrogens is 232 g/mol. The van der Waals surface area contributed by atoms with Gasteiger partial charge in [-0.15, -0.1) is 0 Å². The number of hydrogen-bond acceptors (Lipinski definition) is 2. The average Bonchev–Trinajstić information content (AvgIpc) is 2.46. The molecule has 1 aliphatic heterocycles. The van der Waals surface area contributed by atoms with Gasteiger partial charge in [-0.25, -0.2) is 0 Å². The molecule has 0 spiro atoms. The van der Waals surface area contributed by atoms with Gasteiger partial charge in [-0.2, -0.15) is 0 Å². The zero-order valence-corrected chi connectivity index (χ0v) is 12.5. The molecular formula is C17H28N2. The lowest BCUT2D eigenvalue weighted by Crippen LogP contribution is -2.44. The predicted molar refractivity (Wildman–Crippen MR) is 82.6 cm³/mol. The smallest absolute Gasteiger partial charge is 0.0110 e. The summed E-state index contributed by atoms with van der Waals surface area (Å²) >= 11 is 0. The second-order valence-electron chi connectivity index (χ2n) is 5.95. The van der Waals surface area contributed by atoms with Crippen LogP contribution >= 0.6 is 0 Å². The molecule has 106 valence electrons. The van der Waals surface area contributed by atoms with Gasteiger partial charge in [0.2, 0.25) is 0 Å². The van der Waals surface area contributed by atoms with Crippen LogP contribution in [0.25, 0.3) is 0 Å². The third-order valence-corrected chi connectivity index (χ3v) is 4.33. The van der Waals surface area contributed by atoms with Crippen molar-refractivity contribution >= 4 is 0 Å². The predicted octanol–water partition coefficient (Wildman–Crippen LogP) is 3.21. The van der Waals surface area contributed by atoms with E-state index in [4.69, 9.17) is 0 Å². The Morgan fingerprint density at radius 1 is 1.00 bits per heavy atom. The second-order valence-corrected chi connectivity index (χ2v) is 5.95. The van der Waals surface area contributed by atoms with E-state index in [0.29, 0.717) is 5.92 Å². The van der Waals surface area contributed by atoms with Crippen LogP contribution in [-0.2, 0) is 0 Å². The maximum Gasteiger partial charge on any atom is 0.0110 e. The molecule has 2 heteroatoms. The molecule has 1 aromatic rings. The number of piperazine rings is 1. The van der Waals surface area contributed by atoms with Gasteiger partial charge in [0.1, 0.15) is 0 Å². The summed E-state index contributed by atoms with van der Waals surface area (Å²) in [5.41, 5.74) is 1.49. The van der Waals surface area contributed by atoms with Crippen LogP contribution in [-0.4, -0.2) is 49.6 Å². The molecule has 2 nitrogen and oxygen atoms in total. The maximum absolute atomic E-state index is 2.62. The highest BCUT2D eigenvalue weighted by molar-refractivity contribution is 5.18. The van der Waals surface area contributed by atoms with Gasteiger partial charge < -0.3 is 9.80 Å². The lowest BCUT2D eigenvalue weighted by Gasteiger charge is -2.32. The summed E-state index contributed by atoms with van der Waals surface area (Å²) in [6.45, 7) is 8.62. The summed E-state index contributed by atoms with van der Waals surface area (Å²) in [4.78, 5) is 5.04. The lowest BCUT2D eigenvalue weighted by molar-refractivity contribution is 0.152. The molecule has 1 heterocycles. The average molecular weight is 260 g/mol. The zero-order valence-electron chi connectivity index (χ0n) is 12.5. The Labute approximate surface area is 118 Å². The number of hydrogen-bond donors (Lipinski definition) is 0. The summed E-state index contributed by atoms with van der Waals surface area (Å²) in [7, 11) is 2.22. The van der Waals surface area contributed by atoms with E-state index < -0.39 is 0 Å². The fraction of sp³-hybridized carbons (Fsp3) is 0.647. The number of unbranched alkanes of at least 4 members (excludes halogenated alkanes) is 1. The molecule has 0 aliphatic carbocycles. The molecule has 19 heavy (non-hydrogen) atoms. The third kappa shape index (κ3) is 4.96. The molecule has 0 saturated carbocycles. The first-order chi connectivity index (χ1) is 9.25. The minimum atomic E-state index is 0.702. The van der Waals surface area contributed by atoms with Crippen molar-refractivity contribution in [1.29, 1.82) is 0 Å². The van der Waals surface area contributed by atoms with Crippen LogP contribution in [0.4, 0.5) is 0 Å². The Kier molecular flexibility index (Phi) is 5.87. The molecule has 1 fully saturated rings. The molecule has 1 saturated heterocycles. The van der Waals surface area contributed by atoms with Gasteiger partial charge in [0, 0.05) is 26.2 Å². The third-order valence-electron chi connectivity index (χ3n) is 4.33. The van der Waals surface area contributed by atoms with E-state index in [1.165, 1.54) is 57.5 Å². The van der Waals surface area contributed by atoms with E-state index in [9.17, 15) is 0 Å². The molecule has 0 unspecified atom stereocenters. The highest BCUT2D eigenvalue weighted by atomic mass is 15.2. The van der Waals surface area contributed by atoms with Crippen LogP contribution in [0.3, 0.4) is 0 Å². The van der Waals surface area contributed by atoms with E-state index in [0.717, 1.165) is 0 Å². The highest BCUT2D eigenvalue weighted by Crippen LogP contribution is 2.20. The molecule has 0 amide bonds. The standard InChI is InChI=1S/C17H28N2/c1-16(17-9-4-3-5-10-17)8-6-7-11-19-14-12-18(2)13-15-19/h3-5,9-10,16H,6-8,11-15H2,1-2H3/t16-/m1/s1. The van der Waals surface area contributed by atoms with Crippen molar-refractivity contribution in [3.63, 3.8) is 0 Å². The molecule has 1 aliphatic rings. The highest BCUT2D eigenvalue weighted by Gasteiger charge is 2.13. The topological polar surface area (TPSA) is 6.48 Å². The fourth-order valence-corrected chi connectivity index (χ4v) is 2.81. The molecule has 0 aromatic heterocycles. The van der Waals surface area contributed by atoms with E-state index in [-0.39, 0.29) is 0 Å². The normalized spacial score (nSPS) is 19.5. The fourth-order valence-electron chi connectivity index (χ4n) is 2.81. The van der Waals surface area contributed by atoms with Gasteiger partial charge in [-0.1, -0.05) is 43.7 Å². The molecule has 1 aromatic carbocycles. The van der Waals surface area contributed by atoms with E-state index in [1.54, 1.807) is 0 Å². The van der Waals surface area contributed by atoms with Gasteiger partial charge in [0.25, 0.3) is 0 Å². The van der Waals surface area contributed by atoms with Crippen molar-refractivity contribution in [3.05, 3.63) is 35.9 Å². The first kappa shape index (κ1) is 14.5. The van der Waals surface area contributed by atoms with Crippen LogP contribution in [0.15, 0.2) is 30.3 Å². The number of rotatable bonds is 6. The van der Waals surface area contributed by atoms with Crippen molar-refractivity contribution in [1.82, 2.24) is 9.80 Å². The van der Waals surface area contributed by atoms with Gasteiger partial charge in [-0.05, 0) is 37.9 Å². The second kappa shape index (κ2) is 7.66. The summed E-state index contributed by atoms with van der Waals surface area (Å²) in [6, 6.07) is 10.9. The molecule has 1 atom stereocenters. The van der Waals surface area contributed by atoms with Gasteiger partial charge >= 0.3 is 0 Å². The van der Waals surface area contributed by atoms with Crippen LogP contribution in [0, 0.1) is 0 Å². The Bertz CT molecular complexity index is 342. The Hall–Kier alpha value is -0.860. The van der Waals surface area contributed by atoms with Crippen molar-refractivity contribution in [3.8, 4) is 0 Å². The number of likely N-dealkylation sites (N-methyl/N-ethyl adjacent to an activating group) is 1. The van der Waals surface area contributed by atoms with E-state index in [2.05, 4.69) is 54.1 Å². The SMILES string of the molecule is C[C@H](CCCCN1CCN(C)CC1)c1ccccc1.